The first-order valence-corrected chi connectivity index (χ1v) is 7.49. The number of para-hydroxylation sites is 1. The number of benzene rings is 1. The highest BCUT2D eigenvalue weighted by Gasteiger charge is 2.32. The van der Waals surface area contributed by atoms with Crippen molar-refractivity contribution in [2.24, 2.45) is 11.7 Å². The molecule has 1 aromatic carbocycles. The molecule has 1 aliphatic rings. The van der Waals surface area contributed by atoms with Gasteiger partial charge in [0.05, 0.1) is 0 Å². The summed E-state index contributed by atoms with van der Waals surface area (Å²) in [5.74, 6) is 0.989. The molecule has 2 rings (SSSR count). The Balaban J connectivity index is 2.04. The van der Waals surface area contributed by atoms with Crippen LogP contribution in [0.3, 0.4) is 0 Å². The molecule has 1 saturated carbocycles. The monoisotopic (exact) mass is 276 g/mol. The summed E-state index contributed by atoms with van der Waals surface area (Å²) in [6, 6.07) is 9.44. The number of hydrogen-bond donors (Lipinski definition) is 1. The number of nitrogens with two attached hydrogens (primary N) is 1. The van der Waals surface area contributed by atoms with Crippen molar-refractivity contribution >= 4 is 6.09 Å². The minimum absolute atomic E-state index is 0.218. The number of hydrogen-bond acceptors (Lipinski definition) is 3. The van der Waals surface area contributed by atoms with E-state index in [1.54, 1.807) is 12.1 Å². The van der Waals surface area contributed by atoms with Gasteiger partial charge in [0.1, 0.15) is 5.75 Å². The third kappa shape index (κ3) is 3.51. The maximum absolute atomic E-state index is 12.4. The standard InChI is InChI=1S/C16H24N2O2/c1-2-18(15-11-7-6-8-13(15)12-17)16(19)20-14-9-4-3-5-10-14/h3-5,9-10,13,15H,2,6-8,11-12,17H2,1H3. The lowest BCUT2D eigenvalue weighted by Crippen LogP contribution is -2.49. The highest BCUT2D eigenvalue weighted by atomic mass is 16.6. The van der Waals surface area contributed by atoms with Crippen LogP contribution in [0.25, 0.3) is 0 Å². The number of rotatable bonds is 4. The SMILES string of the molecule is CCN(C(=O)Oc1ccccc1)C1CCCCC1CN. The number of carbonyl (C=O) groups is 1. The highest BCUT2D eigenvalue weighted by molar-refractivity contribution is 5.71. The molecule has 4 heteroatoms. The van der Waals surface area contributed by atoms with E-state index in [2.05, 4.69) is 0 Å². The maximum Gasteiger partial charge on any atom is 0.415 e. The van der Waals surface area contributed by atoms with Gasteiger partial charge in [-0.05, 0) is 44.4 Å². The fourth-order valence-electron chi connectivity index (χ4n) is 3.02. The van der Waals surface area contributed by atoms with Gasteiger partial charge in [-0.25, -0.2) is 4.79 Å². The average Bonchev–Trinajstić information content (AvgIpc) is 2.49. The smallest absolute Gasteiger partial charge is 0.410 e. The van der Waals surface area contributed by atoms with Gasteiger partial charge in [0.2, 0.25) is 0 Å². The van der Waals surface area contributed by atoms with Crippen molar-refractivity contribution in [1.29, 1.82) is 0 Å². The molecule has 0 spiro atoms. The fourth-order valence-corrected chi connectivity index (χ4v) is 3.02. The van der Waals surface area contributed by atoms with Gasteiger partial charge in [0, 0.05) is 12.6 Å². The Hall–Kier alpha value is -1.55. The highest BCUT2D eigenvalue weighted by Crippen LogP contribution is 2.28. The number of carbonyl (C=O) groups excluding carboxylic acids is 1. The molecule has 1 amide bonds. The van der Waals surface area contributed by atoms with Crippen molar-refractivity contribution in [3.8, 4) is 5.75 Å². The lowest BCUT2D eigenvalue weighted by Gasteiger charge is -2.38. The molecule has 0 aromatic heterocycles. The summed E-state index contributed by atoms with van der Waals surface area (Å²) < 4.78 is 5.46. The Morgan fingerprint density at radius 3 is 2.65 bits per heavy atom. The second kappa shape index (κ2) is 7.29. The molecule has 0 heterocycles. The van der Waals surface area contributed by atoms with Crippen LogP contribution in [-0.4, -0.2) is 30.1 Å². The van der Waals surface area contributed by atoms with Crippen LogP contribution in [0.4, 0.5) is 4.79 Å². The van der Waals surface area contributed by atoms with E-state index >= 15 is 0 Å². The van der Waals surface area contributed by atoms with Crippen LogP contribution in [0.2, 0.25) is 0 Å². The van der Waals surface area contributed by atoms with Gasteiger partial charge < -0.3 is 15.4 Å². The second-order valence-corrected chi connectivity index (χ2v) is 5.31. The molecule has 0 radical (unpaired) electrons. The van der Waals surface area contributed by atoms with E-state index in [1.807, 2.05) is 30.0 Å². The van der Waals surface area contributed by atoms with Crippen molar-refractivity contribution in [2.75, 3.05) is 13.1 Å². The van der Waals surface area contributed by atoms with E-state index in [0.29, 0.717) is 24.8 Å². The average molecular weight is 276 g/mol. The molecule has 4 nitrogen and oxygen atoms in total. The Labute approximate surface area is 120 Å². The first kappa shape index (κ1) is 14.9. The van der Waals surface area contributed by atoms with E-state index in [9.17, 15) is 4.79 Å². The zero-order valence-corrected chi connectivity index (χ0v) is 12.1. The Bertz CT molecular complexity index is 422. The van der Waals surface area contributed by atoms with Gasteiger partial charge in [0.15, 0.2) is 0 Å². The third-order valence-corrected chi connectivity index (χ3v) is 4.10. The summed E-state index contributed by atoms with van der Waals surface area (Å²) in [4.78, 5) is 14.2. The van der Waals surface area contributed by atoms with Crippen LogP contribution in [0, 0.1) is 5.92 Å². The van der Waals surface area contributed by atoms with Gasteiger partial charge >= 0.3 is 6.09 Å². The number of nitrogens with zero attached hydrogens (tertiary/aromatic N) is 1. The largest absolute Gasteiger partial charge is 0.415 e. The topological polar surface area (TPSA) is 55.6 Å². The molecule has 2 atom stereocenters. The summed E-state index contributed by atoms with van der Waals surface area (Å²) in [6.45, 7) is 3.29. The predicted octanol–water partition coefficient (Wildman–Crippen LogP) is 3.02. The van der Waals surface area contributed by atoms with Crippen LogP contribution >= 0.6 is 0 Å². The summed E-state index contributed by atoms with van der Waals surface area (Å²) in [5, 5.41) is 0. The Morgan fingerprint density at radius 1 is 1.30 bits per heavy atom. The van der Waals surface area contributed by atoms with Crippen LogP contribution < -0.4 is 10.5 Å². The summed E-state index contributed by atoms with van der Waals surface area (Å²) in [7, 11) is 0. The number of ether oxygens (including phenoxy) is 1. The van der Waals surface area contributed by atoms with Crippen molar-refractivity contribution in [2.45, 2.75) is 38.6 Å². The molecule has 0 bridgehead atoms. The van der Waals surface area contributed by atoms with Crippen molar-refractivity contribution in [3.63, 3.8) is 0 Å². The Kier molecular flexibility index (Phi) is 5.41. The molecule has 1 aromatic rings. The molecule has 1 fully saturated rings. The van der Waals surface area contributed by atoms with E-state index in [1.165, 1.54) is 6.42 Å². The van der Waals surface area contributed by atoms with Gasteiger partial charge in [-0.15, -0.1) is 0 Å². The zero-order chi connectivity index (χ0) is 14.4. The van der Waals surface area contributed by atoms with Crippen molar-refractivity contribution < 1.29 is 9.53 Å². The van der Waals surface area contributed by atoms with E-state index in [0.717, 1.165) is 19.3 Å². The van der Waals surface area contributed by atoms with Crippen molar-refractivity contribution in [1.82, 2.24) is 4.90 Å². The molecular formula is C16H24N2O2. The van der Waals surface area contributed by atoms with Gasteiger partial charge in [-0.3, -0.25) is 0 Å². The van der Waals surface area contributed by atoms with Gasteiger partial charge in [-0.1, -0.05) is 31.0 Å². The minimum atomic E-state index is -0.260. The molecule has 0 saturated heterocycles. The summed E-state index contributed by atoms with van der Waals surface area (Å²) in [5.41, 5.74) is 5.86. The molecule has 0 aliphatic heterocycles. The van der Waals surface area contributed by atoms with Crippen molar-refractivity contribution in [3.05, 3.63) is 30.3 Å². The predicted molar refractivity (Wildman–Crippen MR) is 79.6 cm³/mol. The lowest BCUT2D eigenvalue weighted by molar-refractivity contribution is 0.0962. The van der Waals surface area contributed by atoms with Gasteiger partial charge in [-0.2, -0.15) is 0 Å². The second-order valence-electron chi connectivity index (χ2n) is 5.31. The summed E-state index contributed by atoms with van der Waals surface area (Å²) >= 11 is 0. The molecule has 2 N–H and O–H groups in total. The number of amides is 1. The van der Waals surface area contributed by atoms with E-state index in [4.69, 9.17) is 10.5 Å². The van der Waals surface area contributed by atoms with Gasteiger partial charge in [0.25, 0.3) is 0 Å². The van der Waals surface area contributed by atoms with E-state index < -0.39 is 0 Å². The van der Waals surface area contributed by atoms with Crippen LogP contribution in [0.1, 0.15) is 32.6 Å². The fraction of sp³-hybridized carbons (Fsp3) is 0.562. The van der Waals surface area contributed by atoms with Crippen LogP contribution in [0.5, 0.6) is 5.75 Å². The first-order valence-electron chi connectivity index (χ1n) is 7.49. The molecule has 110 valence electrons. The molecular weight excluding hydrogens is 252 g/mol. The van der Waals surface area contributed by atoms with Crippen LogP contribution in [0.15, 0.2) is 30.3 Å². The molecule has 1 aliphatic carbocycles. The van der Waals surface area contributed by atoms with Crippen LogP contribution in [-0.2, 0) is 0 Å². The maximum atomic E-state index is 12.4. The van der Waals surface area contributed by atoms with E-state index in [-0.39, 0.29) is 12.1 Å². The molecule has 20 heavy (non-hydrogen) atoms. The minimum Gasteiger partial charge on any atom is -0.410 e. The quantitative estimate of drug-likeness (QED) is 0.919. The third-order valence-electron chi connectivity index (χ3n) is 4.10. The zero-order valence-electron chi connectivity index (χ0n) is 12.1. The summed E-state index contributed by atoms with van der Waals surface area (Å²) in [6.07, 6.45) is 4.25. The lowest BCUT2D eigenvalue weighted by atomic mass is 9.83. The normalized spacial score (nSPS) is 22.3. The molecule has 2 unspecified atom stereocenters. The first-order chi connectivity index (χ1) is 9.76. The Morgan fingerprint density at radius 2 is 2.00 bits per heavy atom.